The van der Waals surface area contributed by atoms with Crippen LogP contribution >= 0.6 is 0 Å². The summed E-state index contributed by atoms with van der Waals surface area (Å²) in [6, 6.07) is 7.93. The van der Waals surface area contributed by atoms with E-state index in [-0.39, 0.29) is 11.9 Å². The largest absolute Gasteiger partial charge is 0.466 e. The van der Waals surface area contributed by atoms with Gasteiger partial charge in [0.2, 0.25) is 0 Å². The molecular formula is C20H31NO4. The Labute approximate surface area is 151 Å². The average molecular weight is 349 g/mol. The molecule has 1 amide bonds. The molecule has 0 aliphatic carbocycles. The topological polar surface area (TPSA) is 64.6 Å². The average Bonchev–Trinajstić information content (AvgIpc) is 2.52. The molecule has 1 unspecified atom stereocenters. The number of nitrogens with one attached hydrogen (secondary N) is 1. The van der Waals surface area contributed by atoms with E-state index in [1.807, 2.05) is 52.0 Å². The van der Waals surface area contributed by atoms with Gasteiger partial charge in [-0.25, -0.2) is 4.79 Å². The highest BCUT2D eigenvalue weighted by Crippen LogP contribution is 2.23. The van der Waals surface area contributed by atoms with Crippen LogP contribution in [0.1, 0.15) is 64.5 Å². The number of esters is 1. The van der Waals surface area contributed by atoms with Gasteiger partial charge in [0.1, 0.15) is 5.60 Å². The predicted octanol–water partition coefficient (Wildman–Crippen LogP) is 4.20. The summed E-state index contributed by atoms with van der Waals surface area (Å²) in [5.74, 6) is -0.373. The third-order valence-electron chi connectivity index (χ3n) is 3.61. The predicted molar refractivity (Wildman–Crippen MR) is 98.7 cm³/mol. The fraction of sp³-hybridized carbons (Fsp3) is 0.600. The van der Waals surface area contributed by atoms with E-state index in [0.717, 1.165) is 24.0 Å². The smallest absolute Gasteiger partial charge is 0.407 e. The molecule has 140 valence electrons. The number of rotatable bonds is 8. The van der Waals surface area contributed by atoms with Crippen molar-refractivity contribution in [1.29, 1.82) is 0 Å². The summed E-state index contributed by atoms with van der Waals surface area (Å²) in [7, 11) is 0. The molecule has 1 aromatic rings. The summed E-state index contributed by atoms with van der Waals surface area (Å²) in [6.45, 7) is 10.3. The second kappa shape index (κ2) is 10.1. The molecule has 0 bridgehead atoms. The number of amides is 1. The molecule has 1 atom stereocenters. The van der Waals surface area contributed by atoms with Gasteiger partial charge in [-0.1, -0.05) is 37.6 Å². The lowest BCUT2D eigenvalue weighted by Crippen LogP contribution is -2.33. The van der Waals surface area contributed by atoms with E-state index in [0.29, 0.717) is 19.6 Å². The minimum atomic E-state index is -0.493. The first-order valence-electron chi connectivity index (χ1n) is 8.99. The fourth-order valence-electron chi connectivity index (χ4n) is 2.49. The van der Waals surface area contributed by atoms with Gasteiger partial charge in [0.25, 0.3) is 0 Å². The Morgan fingerprint density at radius 1 is 1.12 bits per heavy atom. The van der Waals surface area contributed by atoms with E-state index in [9.17, 15) is 9.59 Å². The second-order valence-corrected chi connectivity index (χ2v) is 7.01. The van der Waals surface area contributed by atoms with Crippen molar-refractivity contribution < 1.29 is 19.1 Å². The first-order valence-corrected chi connectivity index (χ1v) is 8.99. The zero-order valence-corrected chi connectivity index (χ0v) is 16.1. The van der Waals surface area contributed by atoms with Gasteiger partial charge in [0, 0.05) is 6.54 Å². The maximum absolute atomic E-state index is 12.1. The zero-order chi connectivity index (χ0) is 18.9. The van der Waals surface area contributed by atoms with Crippen molar-refractivity contribution in [3.8, 4) is 0 Å². The third-order valence-corrected chi connectivity index (χ3v) is 3.61. The quantitative estimate of drug-likeness (QED) is 0.714. The summed E-state index contributed by atoms with van der Waals surface area (Å²) in [4.78, 5) is 23.7. The maximum atomic E-state index is 12.1. The lowest BCUT2D eigenvalue weighted by Gasteiger charge is -2.19. The Hall–Kier alpha value is -2.04. The van der Waals surface area contributed by atoms with Crippen LogP contribution in [0.2, 0.25) is 0 Å². The lowest BCUT2D eigenvalue weighted by atomic mass is 9.93. The van der Waals surface area contributed by atoms with Crippen LogP contribution in [-0.4, -0.2) is 30.8 Å². The Kier molecular flexibility index (Phi) is 8.46. The van der Waals surface area contributed by atoms with Gasteiger partial charge in [-0.05, 0) is 51.7 Å². The maximum Gasteiger partial charge on any atom is 0.407 e. The number of carbonyl (C=O) groups excluding carboxylic acids is 2. The molecule has 5 nitrogen and oxygen atoms in total. The van der Waals surface area contributed by atoms with Crippen LogP contribution in [0, 0.1) is 0 Å². The van der Waals surface area contributed by atoms with Crippen LogP contribution in [0.15, 0.2) is 24.3 Å². The monoisotopic (exact) mass is 349 g/mol. The van der Waals surface area contributed by atoms with Gasteiger partial charge in [-0.3, -0.25) is 4.79 Å². The van der Waals surface area contributed by atoms with Crippen molar-refractivity contribution >= 4 is 12.1 Å². The van der Waals surface area contributed by atoms with E-state index in [4.69, 9.17) is 9.47 Å². The van der Waals surface area contributed by atoms with Crippen molar-refractivity contribution in [2.45, 2.75) is 65.4 Å². The van der Waals surface area contributed by atoms with Gasteiger partial charge in [0.15, 0.2) is 0 Å². The van der Waals surface area contributed by atoms with Crippen molar-refractivity contribution in [3.05, 3.63) is 35.4 Å². The Morgan fingerprint density at radius 3 is 2.28 bits per heavy atom. The molecule has 5 heteroatoms. The molecule has 0 radical (unpaired) electrons. The Bertz CT molecular complexity index is 546. The zero-order valence-electron chi connectivity index (χ0n) is 16.1. The highest BCUT2D eigenvalue weighted by Gasteiger charge is 2.21. The molecule has 0 aliphatic heterocycles. The Morgan fingerprint density at radius 2 is 1.76 bits per heavy atom. The van der Waals surface area contributed by atoms with Crippen molar-refractivity contribution in [2.75, 3.05) is 13.2 Å². The van der Waals surface area contributed by atoms with Crippen molar-refractivity contribution in [2.24, 2.45) is 0 Å². The molecule has 0 fully saturated rings. The van der Waals surface area contributed by atoms with Gasteiger partial charge in [-0.2, -0.15) is 0 Å². The van der Waals surface area contributed by atoms with Gasteiger partial charge in [0.05, 0.1) is 12.5 Å². The van der Waals surface area contributed by atoms with Crippen molar-refractivity contribution in [1.82, 2.24) is 5.32 Å². The second-order valence-electron chi connectivity index (χ2n) is 7.01. The van der Waals surface area contributed by atoms with Gasteiger partial charge in [-0.15, -0.1) is 0 Å². The standard InChI is InChI=1S/C20H31NO4/c1-6-8-17(18(22)24-7-2)16-11-9-15(10-12-16)13-14-21-19(23)25-20(3,4)5/h9-12,17H,6-8,13-14H2,1-5H3,(H,21,23). The fourth-order valence-corrected chi connectivity index (χ4v) is 2.49. The van der Waals surface area contributed by atoms with Gasteiger partial charge < -0.3 is 14.8 Å². The summed E-state index contributed by atoms with van der Waals surface area (Å²) in [5.41, 5.74) is 1.58. The molecule has 1 N–H and O–H groups in total. The molecule has 1 rings (SSSR count). The number of ether oxygens (including phenoxy) is 2. The highest BCUT2D eigenvalue weighted by atomic mass is 16.6. The molecule has 25 heavy (non-hydrogen) atoms. The normalized spacial score (nSPS) is 12.4. The summed E-state index contributed by atoms with van der Waals surface area (Å²) in [5, 5.41) is 2.75. The lowest BCUT2D eigenvalue weighted by molar-refractivity contribution is -0.145. The molecular weight excluding hydrogens is 318 g/mol. The Balaban J connectivity index is 2.57. The molecule has 0 spiro atoms. The number of benzene rings is 1. The molecule has 0 heterocycles. The first-order chi connectivity index (χ1) is 11.8. The molecule has 0 saturated carbocycles. The summed E-state index contributed by atoms with van der Waals surface area (Å²) >= 11 is 0. The minimum Gasteiger partial charge on any atom is -0.466 e. The third kappa shape index (κ3) is 8.05. The SMILES string of the molecule is CCCC(C(=O)OCC)c1ccc(CCNC(=O)OC(C)(C)C)cc1. The number of alkyl carbamates (subject to hydrolysis) is 1. The number of hydrogen-bond donors (Lipinski definition) is 1. The first kappa shape index (κ1) is 21.0. The van der Waals surface area contributed by atoms with Crippen LogP contribution in [0.4, 0.5) is 4.79 Å². The van der Waals surface area contributed by atoms with E-state index in [2.05, 4.69) is 12.2 Å². The van der Waals surface area contributed by atoms with E-state index in [1.165, 1.54) is 0 Å². The van der Waals surface area contributed by atoms with Gasteiger partial charge >= 0.3 is 12.1 Å². The van der Waals surface area contributed by atoms with Crippen LogP contribution < -0.4 is 5.32 Å². The number of hydrogen-bond acceptors (Lipinski definition) is 4. The minimum absolute atomic E-state index is 0.163. The summed E-state index contributed by atoms with van der Waals surface area (Å²) < 4.78 is 10.4. The molecule has 0 saturated heterocycles. The summed E-state index contributed by atoms with van der Waals surface area (Å²) in [6.07, 6.45) is 2.00. The van der Waals surface area contributed by atoms with Crippen LogP contribution in [-0.2, 0) is 20.7 Å². The van der Waals surface area contributed by atoms with Crippen molar-refractivity contribution in [3.63, 3.8) is 0 Å². The van der Waals surface area contributed by atoms with E-state index >= 15 is 0 Å². The molecule has 0 aliphatic rings. The molecule has 1 aromatic carbocycles. The van der Waals surface area contributed by atoms with E-state index < -0.39 is 11.7 Å². The highest BCUT2D eigenvalue weighted by molar-refractivity contribution is 5.78. The van der Waals surface area contributed by atoms with Crippen LogP contribution in [0.3, 0.4) is 0 Å². The molecule has 0 aromatic heterocycles. The van der Waals surface area contributed by atoms with Crippen LogP contribution in [0.25, 0.3) is 0 Å². The number of carbonyl (C=O) groups is 2. The van der Waals surface area contributed by atoms with E-state index in [1.54, 1.807) is 0 Å². The van der Waals surface area contributed by atoms with Crippen LogP contribution in [0.5, 0.6) is 0 Å².